The number of benzene rings is 2. The van der Waals surface area contributed by atoms with Crippen molar-refractivity contribution in [3.8, 4) is 0 Å². The number of hydrogen-bond donors (Lipinski definition) is 4. The van der Waals surface area contributed by atoms with Crippen molar-refractivity contribution in [2.45, 2.75) is 9.79 Å². The second-order valence-corrected chi connectivity index (χ2v) is 8.76. The summed E-state index contributed by atoms with van der Waals surface area (Å²) < 4.78 is 46.3. The first-order valence-electron chi connectivity index (χ1n) is 6.09. The quantitative estimate of drug-likeness (QED) is 0.564. The van der Waals surface area contributed by atoms with Gasteiger partial charge in [-0.05, 0) is 24.3 Å². The normalized spacial score (nSPS) is 12.2. The van der Waals surface area contributed by atoms with Crippen molar-refractivity contribution in [3.05, 3.63) is 60.7 Å². The Morgan fingerprint density at radius 3 is 1.17 bits per heavy atom. The van der Waals surface area contributed by atoms with E-state index in [0.29, 0.717) is 9.79 Å². The highest BCUT2D eigenvalue weighted by Crippen LogP contribution is 2.53. The number of rotatable bonds is 4. The molecule has 0 aliphatic carbocycles. The molecule has 0 bridgehead atoms. The van der Waals surface area contributed by atoms with Crippen LogP contribution in [-0.2, 0) is 23.3 Å². The molecule has 0 aliphatic rings. The molecule has 0 saturated carbocycles. The zero-order chi connectivity index (χ0) is 18.4. The molecular formula is C12H14O9P2S. The molecule has 0 aromatic heterocycles. The average Bonchev–Trinajstić information content (AvgIpc) is 2.46. The minimum Gasteiger partial charge on any atom is -0.302 e. The molecular weight excluding hydrogens is 382 g/mol. The lowest BCUT2D eigenvalue weighted by Crippen LogP contribution is -2.00. The highest BCUT2D eigenvalue weighted by Gasteiger charge is 2.27. The Labute approximate surface area is 138 Å². The average molecular weight is 396 g/mol. The molecule has 2 aromatic rings. The molecule has 132 valence electrons. The Hall–Kier alpha value is -1.35. The Bertz CT molecular complexity index is 775. The summed E-state index contributed by atoms with van der Waals surface area (Å²) in [5.41, 5.74) is 0. The molecule has 0 radical (unpaired) electrons. The highest BCUT2D eigenvalue weighted by atomic mass is 32.2. The lowest BCUT2D eigenvalue weighted by atomic mass is 10.4. The first-order valence-corrected chi connectivity index (χ1v) is 10.6. The van der Waals surface area contributed by atoms with Crippen LogP contribution in [0, 0.1) is 0 Å². The molecule has 0 aliphatic heterocycles. The Kier molecular flexibility index (Phi) is 7.03. The third-order valence-corrected chi connectivity index (χ3v) is 5.81. The van der Waals surface area contributed by atoms with Gasteiger partial charge in [-0.3, -0.25) is 0 Å². The van der Waals surface area contributed by atoms with Gasteiger partial charge >= 0.3 is 15.6 Å². The maximum absolute atomic E-state index is 12.0. The van der Waals surface area contributed by atoms with Crippen LogP contribution in [0.4, 0.5) is 0 Å². The molecule has 0 heterocycles. The fraction of sp³-hybridized carbons (Fsp3) is 0. The molecule has 0 atom stereocenters. The molecule has 0 amide bonds. The van der Waals surface area contributed by atoms with E-state index in [1.165, 1.54) is 0 Å². The zero-order valence-corrected chi connectivity index (χ0v) is 14.5. The summed E-state index contributed by atoms with van der Waals surface area (Å²) in [6.07, 6.45) is 0. The van der Waals surface area contributed by atoms with Crippen molar-refractivity contribution < 1.29 is 41.4 Å². The summed E-state index contributed by atoms with van der Waals surface area (Å²) in [5.74, 6) is 0. The molecule has 0 saturated heterocycles. The van der Waals surface area contributed by atoms with Crippen LogP contribution >= 0.6 is 15.6 Å². The molecule has 12 heteroatoms. The number of phosphoric acid groups is 2. The molecule has 2 rings (SSSR count). The second kappa shape index (κ2) is 8.15. The third-order valence-electron chi connectivity index (χ3n) is 2.32. The molecule has 2 aromatic carbocycles. The van der Waals surface area contributed by atoms with Crippen molar-refractivity contribution >= 4 is 25.5 Å². The topological polar surface area (TPSA) is 158 Å². The van der Waals surface area contributed by atoms with Crippen LogP contribution in [0.1, 0.15) is 0 Å². The van der Waals surface area contributed by atoms with Crippen molar-refractivity contribution in [3.63, 3.8) is 0 Å². The van der Waals surface area contributed by atoms with E-state index < -0.39 is 25.5 Å². The largest absolute Gasteiger partial charge is 0.478 e. The maximum Gasteiger partial charge on any atom is 0.478 e. The minimum absolute atomic E-state index is 0.330. The van der Waals surface area contributed by atoms with E-state index in [2.05, 4.69) is 4.31 Å². The van der Waals surface area contributed by atoms with Gasteiger partial charge < -0.3 is 19.6 Å². The third kappa shape index (κ3) is 7.48. The first kappa shape index (κ1) is 20.7. The molecule has 0 spiro atoms. The summed E-state index contributed by atoms with van der Waals surface area (Å²) in [7, 11) is -13.4. The van der Waals surface area contributed by atoms with E-state index in [4.69, 9.17) is 19.6 Å². The SMILES string of the molecule is O=P(O)(O)OP(=O)(O)O.O=S(=O)(c1ccccc1)c1ccccc1. The smallest absolute Gasteiger partial charge is 0.302 e. The van der Waals surface area contributed by atoms with Gasteiger partial charge in [0.1, 0.15) is 0 Å². The summed E-state index contributed by atoms with van der Waals surface area (Å²) in [4.78, 5) is 31.7. The van der Waals surface area contributed by atoms with Crippen LogP contribution in [-0.4, -0.2) is 28.0 Å². The molecule has 9 nitrogen and oxygen atoms in total. The van der Waals surface area contributed by atoms with E-state index in [9.17, 15) is 17.5 Å². The van der Waals surface area contributed by atoms with Crippen LogP contribution in [0.25, 0.3) is 0 Å². The highest BCUT2D eigenvalue weighted by molar-refractivity contribution is 7.91. The fourth-order valence-electron chi connectivity index (χ4n) is 1.47. The van der Waals surface area contributed by atoms with E-state index in [1.807, 2.05) is 0 Å². The number of hydrogen-bond acceptors (Lipinski definition) is 5. The summed E-state index contributed by atoms with van der Waals surface area (Å²) in [5, 5.41) is 0. The monoisotopic (exact) mass is 396 g/mol. The second-order valence-electron chi connectivity index (χ2n) is 4.19. The van der Waals surface area contributed by atoms with Crippen LogP contribution in [0.15, 0.2) is 70.5 Å². The first-order chi connectivity index (χ1) is 10.9. The van der Waals surface area contributed by atoms with E-state index >= 15 is 0 Å². The van der Waals surface area contributed by atoms with Gasteiger partial charge in [-0.25, -0.2) is 17.5 Å². The fourth-order valence-corrected chi connectivity index (χ4v) is 3.89. The van der Waals surface area contributed by atoms with E-state index in [1.54, 1.807) is 60.7 Å². The summed E-state index contributed by atoms with van der Waals surface area (Å²) in [6, 6.07) is 16.9. The van der Waals surface area contributed by atoms with Gasteiger partial charge in [0, 0.05) is 0 Å². The predicted octanol–water partition coefficient (Wildman–Crippen LogP) is 1.71. The minimum atomic E-state index is -5.05. The Balaban J connectivity index is 0.000000277. The van der Waals surface area contributed by atoms with Crippen molar-refractivity contribution in [2.75, 3.05) is 0 Å². The van der Waals surface area contributed by atoms with Gasteiger partial charge in [0.2, 0.25) is 9.84 Å². The van der Waals surface area contributed by atoms with Gasteiger partial charge in [-0.1, -0.05) is 36.4 Å². The zero-order valence-electron chi connectivity index (χ0n) is 11.9. The lowest BCUT2D eigenvalue weighted by Gasteiger charge is -2.03. The van der Waals surface area contributed by atoms with Crippen molar-refractivity contribution in [1.29, 1.82) is 0 Å². The Morgan fingerprint density at radius 2 is 0.958 bits per heavy atom. The number of sulfone groups is 1. The van der Waals surface area contributed by atoms with Crippen LogP contribution in [0.3, 0.4) is 0 Å². The molecule has 0 unspecified atom stereocenters. The van der Waals surface area contributed by atoms with Gasteiger partial charge in [0.05, 0.1) is 9.79 Å². The van der Waals surface area contributed by atoms with Gasteiger partial charge in [-0.15, -0.1) is 0 Å². The van der Waals surface area contributed by atoms with Crippen molar-refractivity contribution in [2.24, 2.45) is 0 Å². The standard InChI is InChI=1S/C12H10O2S.H4O7P2/c13-15(14,11-7-3-1-4-8-11)12-9-5-2-6-10-12;1-8(2,3)7-9(4,5)6/h1-10H;(H2,1,2,3)(H2,4,5,6). The van der Waals surface area contributed by atoms with Crippen LogP contribution in [0.2, 0.25) is 0 Å². The van der Waals surface area contributed by atoms with Gasteiger partial charge in [0.25, 0.3) is 0 Å². The van der Waals surface area contributed by atoms with Crippen LogP contribution in [0.5, 0.6) is 0 Å². The van der Waals surface area contributed by atoms with Gasteiger partial charge in [0.15, 0.2) is 0 Å². The van der Waals surface area contributed by atoms with Crippen molar-refractivity contribution in [1.82, 2.24) is 0 Å². The predicted molar refractivity (Wildman–Crippen MR) is 83.5 cm³/mol. The molecule has 4 N–H and O–H groups in total. The summed E-state index contributed by atoms with van der Waals surface area (Å²) >= 11 is 0. The summed E-state index contributed by atoms with van der Waals surface area (Å²) in [6.45, 7) is 0. The molecule has 24 heavy (non-hydrogen) atoms. The lowest BCUT2D eigenvalue weighted by molar-refractivity contribution is 0.225. The van der Waals surface area contributed by atoms with E-state index in [-0.39, 0.29) is 0 Å². The van der Waals surface area contributed by atoms with E-state index in [0.717, 1.165) is 0 Å². The maximum atomic E-state index is 12.0. The Morgan fingerprint density at radius 1 is 0.667 bits per heavy atom. The molecule has 0 fully saturated rings. The van der Waals surface area contributed by atoms with Gasteiger partial charge in [-0.2, -0.15) is 4.31 Å². The van der Waals surface area contributed by atoms with Crippen LogP contribution < -0.4 is 0 Å².